The number of nitro groups is 1. The monoisotopic (exact) mass is 427 g/mol. The SMILES string of the molecule is CC(C)NS(=O)(=O)Cc1ccccc1CNS(=O)(=O)c1ccc([N+](=O)[O-])cc1. The molecule has 0 aliphatic rings. The molecule has 0 aromatic heterocycles. The molecular weight excluding hydrogens is 406 g/mol. The molecule has 2 aromatic rings. The standard InChI is InChI=1S/C17H21N3O6S2/c1-13(2)19-27(23,24)12-15-6-4-3-5-14(15)11-18-28(25,26)17-9-7-16(8-10-17)20(21)22/h3-10,13,18-19H,11-12H2,1-2H3. The Morgan fingerprint density at radius 3 is 2.07 bits per heavy atom. The number of nitro benzene ring substituents is 1. The summed E-state index contributed by atoms with van der Waals surface area (Å²) in [6, 6.07) is 10.9. The lowest BCUT2D eigenvalue weighted by Gasteiger charge is -2.13. The van der Waals surface area contributed by atoms with Crippen LogP contribution in [-0.4, -0.2) is 27.8 Å². The van der Waals surface area contributed by atoms with E-state index in [1.54, 1.807) is 38.1 Å². The number of non-ortho nitro benzene ring substituents is 1. The first-order chi connectivity index (χ1) is 13.0. The molecule has 0 radical (unpaired) electrons. The second-order valence-corrected chi connectivity index (χ2v) is 9.90. The lowest BCUT2D eigenvalue weighted by Crippen LogP contribution is -2.32. The first-order valence-electron chi connectivity index (χ1n) is 8.31. The summed E-state index contributed by atoms with van der Waals surface area (Å²) in [6.07, 6.45) is 0. The van der Waals surface area contributed by atoms with Gasteiger partial charge in [-0.3, -0.25) is 10.1 Å². The number of hydrogen-bond acceptors (Lipinski definition) is 6. The van der Waals surface area contributed by atoms with Gasteiger partial charge in [0, 0.05) is 24.7 Å². The van der Waals surface area contributed by atoms with Crippen molar-refractivity contribution in [2.24, 2.45) is 0 Å². The van der Waals surface area contributed by atoms with E-state index >= 15 is 0 Å². The smallest absolute Gasteiger partial charge is 0.258 e. The Bertz CT molecular complexity index is 1050. The van der Waals surface area contributed by atoms with E-state index in [-0.39, 0.29) is 28.9 Å². The van der Waals surface area contributed by atoms with E-state index in [2.05, 4.69) is 9.44 Å². The third-order valence-corrected chi connectivity index (χ3v) is 6.63. The molecule has 2 aromatic carbocycles. The maximum atomic E-state index is 12.4. The number of nitrogens with zero attached hydrogens (tertiary/aromatic N) is 1. The first kappa shape index (κ1) is 22.0. The van der Waals surface area contributed by atoms with Crippen LogP contribution in [0.25, 0.3) is 0 Å². The van der Waals surface area contributed by atoms with E-state index in [1.165, 1.54) is 0 Å². The Kier molecular flexibility index (Phi) is 6.88. The second kappa shape index (κ2) is 8.78. The van der Waals surface area contributed by atoms with Gasteiger partial charge in [0.15, 0.2) is 0 Å². The predicted octanol–water partition coefficient (Wildman–Crippen LogP) is 1.90. The molecule has 2 N–H and O–H groups in total. The summed E-state index contributed by atoms with van der Waals surface area (Å²) in [5.74, 6) is -0.277. The zero-order valence-electron chi connectivity index (χ0n) is 15.3. The van der Waals surface area contributed by atoms with Crippen LogP contribution >= 0.6 is 0 Å². The molecule has 9 nitrogen and oxygen atoms in total. The average molecular weight is 428 g/mol. The normalized spacial score (nSPS) is 12.2. The number of benzene rings is 2. The van der Waals surface area contributed by atoms with E-state index in [0.717, 1.165) is 24.3 Å². The maximum absolute atomic E-state index is 12.4. The fourth-order valence-electron chi connectivity index (χ4n) is 2.48. The molecule has 0 saturated carbocycles. The number of nitrogens with one attached hydrogen (secondary N) is 2. The summed E-state index contributed by atoms with van der Waals surface area (Å²) in [4.78, 5) is 9.94. The van der Waals surface area contributed by atoms with Gasteiger partial charge in [0.05, 0.1) is 15.6 Å². The van der Waals surface area contributed by atoms with Crippen LogP contribution in [0, 0.1) is 10.1 Å². The van der Waals surface area contributed by atoms with Crippen LogP contribution in [0.1, 0.15) is 25.0 Å². The number of hydrogen-bond donors (Lipinski definition) is 2. The van der Waals surface area contributed by atoms with Crippen LogP contribution in [0.15, 0.2) is 53.4 Å². The molecule has 2 rings (SSSR count). The Hall–Kier alpha value is -2.34. The number of rotatable bonds is 9. The molecule has 0 aliphatic carbocycles. The third kappa shape index (κ3) is 6.09. The molecule has 0 atom stereocenters. The Morgan fingerprint density at radius 1 is 0.964 bits per heavy atom. The lowest BCUT2D eigenvalue weighted by molar-refractivity contribution is -0.384. The average Bonchev–Trinajstić information content (AvgIpc) is 2.59. The molecule has 0 heterocycles. The van der Waals surface area contributed by atoms with Crippen LogP contribution in [0.3, 0.4) is 0 Å². The highest BCUT2D eigenvalue weighted by molar-refractivity contribution is 7.89. The lowest BCUT2D eigenvalue weighted by atomic mass is 10.1. The summed E-state index contributed by atoms with van der Waals surface area (Å²) in [5.41, 5.74) is 0.774. The van der Waals surface area contributed by atoms with Gasteiger partial charge in [0.2, 0.25) is 20.0 Å². The highest BCUT2D eigenvalue weighted by Gasteiger charge is 2.18. The van der Waals surface area contributed by atoms with Crippen molar-refractivity contribution in [1.82, 2.24) is 9.44 Å². The summed E-state index contributed by atoms with van der Waals surface area (Å²) < 4.78 is 54.0. The molecule has 0 fully saturated rings. The van der Waals surface area contributed by atoms with Crippen molar-refractivity contribution in [2.75, 3.05) is 0 Å². The zero-order valence-corrected chi connectivity index (χ0v) is 17.0. The zero-order chi connectivity index (χ0) is 20.9. The van der Waals surface area contributed by atoms with Gasteiger partial charge in [-0.05, 0) is 37.1 Å². The Balaban J connectivity index is 2.17. The minimum Gasteiger partial charge on any atom is -0.258 e. The van der Waals surface area contributed by atoms with E-state index in [4.69, 9.17) is 0 Å². The Labute approximate surface area is 164 Å². The molecule has 0 amide bonds. The summed E-state index contributed by atoms with van der Waals surface area (Å²) in [7, 11) is -7.48. The molecule has 0 saturated heterocycles. The number of sulfonamides is 2. The Morgan fingerprint density at radius 2 is 1.54 bits per heavy atom. The molecule has 0 spiro atoms. The molecule has 0 aliphatic heterocycles. The maximum Gasteiger partial charge on any atom is 0.269 e. The van der Waals surface area contributed by atoms with Gasteiger partial charge in [0.1, 0.15) is 0 Å². The van der Waals surface area contributed by atoms with Gasteiger partial charge in [-0.1, -0.05) is 24.3 Å². The minimum atomic E-state index is -3.92. The topological polar surface area (TPSA) is 135 Å². The van der Waals surface area contributed by atoms with Crippen LogP contribution in [0.5, 0.6) is 0 Å². The van der Waals surface area contributed by atoms with Gasteiger partial charge in [-0.15, -0.1) is 0 Å². The van der Waals surface area contributed by atoms with Gasteiger partial charge >= 0.3 is 0 Å². The second-order valence-electron chi connectivity index (χ2n) is 6.38. The molecule has 0 unspecified atom stereocenters. The molecular formula is C17H21N3O6S2. The van der Waals surface area contributed by atoms with E-state index < -0.39 is 25.0 Å². The summed E-state index contributed by atoms with van der Waals surface area (Å²) in [6.45, 7) is 3.30. The third-order valence-electron chi connectivity index (χ3n) is 3.69. The van der Waals surface area contributed by atoms with Crippen molar-refractivity contribution in [1.29, 1.82) is 0 Å². The highest BCUT2D eigenvalue weighted by Crippen LogP contribution is 2.17. The summed E-state index contributed by atoms with van der Waals surface area (Å²) >= 11 is 0. The van der Waals surface area contributed by atoms with E-state index in [0.29, 0.717) is 11.1 Å². The van der Waals surface area contributed by atoms with E-state index in [9.17, 15) is 26.9 Å². The minimum absolute atomic E-state index is 0.118. The van der Waals surface area contributed by atoms with Crippen molar-refractivity contribution in [3.05, 3.63) is 69.8 Å². The van der Waals surface area contributed by atoms with Crippen LogP contribution in [0.4, 0.5) is 5.69 Å². The summed E-state index contributed by atoms with van der Waals surface area (Å²) in [5, 5.41) is 10.7. The van der Waals surface area contributed by atoms with Crippen molar-refractivity contribution in [3.8, 4) is 0 Å². The predicted molar refractivity (Wildman–Crippen MR) is 104 cm³/mol. The van der Waals surface area contributed by atoms with Crippen LogP contribution in [-0.2, 0) is 32.3 Å². The van der Waals surface area contributed by atoms with Crippen molar-refractivity contribution < 1.29 is 21.8 Å². The van der Waals surface area contributed by atoms with E-state index in [1.807, 2.05) is 0 Å². The first-order valence-corrected chi connectivity index (χ1v) is 11.4. The highest BCUT2D eigenvalue weighted by atomic mass is 32.2. The van der Waals surface area contributed by atoms with Crippen LogP contribution in [0.2, 0.25) is 0 Å². The van der Waals surface area contributed by atoms with Gasteiger partial charge < -0.3 is 0 Å². The van der Waals surface area contributed by atoms with Crippen LogP contribution < -0.4 is 9.44 Å². The fraction of sp³-hybridized carbons (Fsp3) is 0.294. The molecule has 11 heteroatoms. The van der Waals surface area contributed by atoms with Crippen molar-refractivity contribution >= 4 is 25.7 Å². The molecule has 152 valence electrons. The van der Waals surface area contributed by atoms with Crippen molar-refractivity contribution in [3.63, 3.8) is 0 Å². The quantitative estimate of drug-likeness (QED) is 0.463. The largest absolute Gasteiger partial charge is 0.269 e. The molecule has 28 heavy (non-hydrogen) atoms. The van der Waals surface area contributed by atoms with Gasteiger partial charge in [0.25, 0.3) is 5.69 Å². The molecule has 0 bridgehead atoms. The van der Waals surface area contributed by atoms with Gasteiger partial charge in [-0.2, -0.15) is 0 Å². The fourth-order valence-corrected chi connectivity index (χ4v) is 4.98. The van der Waals surface area contributed by atoms with Crippen molar-refractivity contribution in [2.45, 2.75) is 37.1 Å². The van der Waals surface area contributed by atoms with Gasteiger partial charge in [-0.25, -0.2) is 26.3 Å².